The van der Waals surface area contributed by atoms with Crippen LogP contribution < -0.4 is 5.73 Å². The zero-order valence-corrected chi connectivity index (χ0v) is 13.9. The first-order valence-electron chi connectivity index (χ1n) is 7.77. The summed E-state index contributed by atoms with van der Waals surface area (Å²) in [6.07, 6.45) is 1.63. The van der Waals surface area contributed by atoms with E-state index in [0.717, 1.165) is 10.6 Å². The molecule has 23 heavy (non-hydrogen) atoms. The van der Waals surface area contributed by atoms with Gasteiger partial charge in [0.15, 0.2) is 0 Å². The fourth-order valence-corrected chi connectivity index (χ4v) is 3.48. The number of benzene rings is 1. The second-order valence-corrected chi connectivity index (χ2v) is 6.67. The first-order valence-corrected chi connectivity index (χ1v) is 8.65. The van der Waals surface area contributed by atoms with Crippen molar-refractivity contribution in [2.45, 2.75) is 19.1 Å². The number of ether oxygens (including phenoxy) is 1. The van der Waals surface area contributed by atoms with Crippen molar-refractivity contribution in [1.29, 1.82) is 0 Å². The summed E-state index contributed by atoms with van der Waals surface area (Å²) in [7, 11) is 0. The van der Waals surface area contributed by atoms with Crippen LogP contribution in [-0.2, 0) is 9.53 Å². The summed E-state index contributed by atoms with van der Waals surface area (Å²) < 4.78 is 5.75. The normalized spacial score (nSPS) is 21.0. The quantitative estimate of drug-likeness (QED) is 0.934. The molecule has 1 aromatic heterocycles. The van der Waals surface area contributed by atoms with Crippen LogP contribution >= 0.6 is 11.3 Å². The Balaban J connectivity index is 1.67. The van der Waals surface area contributed by atoms with E-state index in [9.17, 15) is 4.79 Å². The highest BCUT2D eigenvalue weighted by Gasteiger charge is 2.31. The van der Waals surface area contributed by atoms with Gasteiger partial charge in [0, 0.05) is 24.2 Å². The summed E-state index contributed by atoms with van der Waals surface area (Å²) >= 11 is 1.56. The van der Waals surface area contributed by atoms with Crippen LogP contribution in [0, 0.1) is 5.92 Å². The molecule has 1 fully saturated rings. The largest absolute Gasteiger partial charge is 0.367 e. The Morgan fingerprint density at radius 1 is 1.43 bits per heavy atom. The maximum atomic E-state index is 12.8. The van der Waals surface area contributed by atoms with Gasteiger partial charge in [-0.15, -0.1) is 11.3 Å². The highest BCUT2D eigenvalue weighted by molar-refractivity contribution is 7.09. The molecule has 2 N–H and O–H groups in total. The Bertz CT molecular complexity index is 633. The molecule has 3 rings (SSSR count). The number of nitrogens with two attached hydrogens (primary N) is 1. The maximum Gasteiger partial charge on any atom is 0.227 e. The fraction of sp³-hybridized carbons (Fsp3) is 0.412. The lowest BCUT2D eigenvalue weighted by atomic mass is 9.94. The molecule has 3 atom stereocenters. The highest BCUT2D eigenvalue weighted by atomic mass is 32.1. The molecule has 1 saturated heterocycles. The van der Waals surface area contributed by atoms with Gasteiger partial charge >= 0.3 is 0 Å². The minimum Gasteiger partial charge on any atom is -0.367 e. The Kier molecular flexibility index (Phi) is 5.05. The molecule has 5 nitrogen and oxygen atoms in total. The van der Waals surface area contributed by atoms with Gasteiger partial charge in [0.05, 0.1) is 19.1 Å². The molecule has 0 bridgehead atoms. The molecular formula is C17H21N3O2S. The highest BCUT2D eigenvalue weighted by Crippen LogP contribution is 2.27. The smallest absolute Gasteiger partial charge is 0.227 e. The molecule has 3 unspecified atom stereocenters. The van der Waals surface area contributed by atoms with Crippen LogP contribution in [0.2, 0.25) is 0 Å². The van der Waals surface area contributed by atoms with Gasteiger partial charge in [-0.2, -0.15) is 0 Å². The molecule has 0 radical (unpaired) electrons. The lowest BCUT2D eigenvalue weighted by Gasteiger charge is -2.34. The molecule has 1 aliphatic rings. The van der Waals surface area contributed by atoms with Crippen LogP contribution in [-0.4, -0.2) is 35.5 Å². The van der Waals surface area contributed by atoms with Crippen molar-refractivity contribution in [3.8, 4) is 0 Å². The first kappa shape index (κ1) is 16.1. The van der Waals surface area contributed by atoms with Crippen molar-refractivity contribution in [2.75, 3.05) is 19.7 Å². The molecule has 1 amide bonds. The number of hydrogen-bond donors (Lipinski definition) is 1. The number of morpholine rings is 1. The molecular weight excluding hydrogens is 310 g/mol. The molecule has 2 heterocycles. The van der Waals surface area contributed by atoms with Crippen molar-refractivity contribution in [2.24, 2.45) is 11.7 Å². The van der Waals surface area contributed by atoms with Gasteiger partial charge in [-0.1, -0.05) is 37.3 Å². The van der Waals surface area contributed by atoms with E-state index in [1.807, 2.05) is 47.5 Å². The molecule has 0 saturated carbocycles. The minimum absolute atomic E-state index is 0.0752. The van der Waals surface area contributed by atoms with Crippen molar-refractivity contribution in [1.82, 2.24) is 9.88 Å². The predicted molar refractivity (Wildman–Crippen MR) is 89.9 cm³/mol. The van der Waals surface area contributed by atoms with E-state index < -0.39 is 0 Å². The Hall–Kier alpha value is -1.76. The van der Waals surface area contributed by atoms with Gasteiger partial charge in [-0.3, -0.25) is 4.79 Å². The van der Waals surface area contributed by atoms with Crippen molar-refractivity contribution < 1.29 is 9.53 Å². The number of carbonyl (C=O) groups excluding carboxylic acids is 1. The van der Waals surface area contributed by atoms with Crippen molar-refractivity contribution in [3.05, 3.63) is 52.5 Å². The molecule has 2 aromatic rings. The average Bonchev–Trinajstić information content (AvgIpc) is 3.15. The van der Waals surface area contributed by atoms with Crippen molar-refractivity contribution in [3.63, 3.8) is 0 Å². The second kappa shape index (κ2) is 7.21. The number of nitrogens with zero attached hydrogens (tertiary/aromatic N) is 2. The number of aromatic nitrogens is 1. The molecule has 1 aliphatic heterocycles. The Labute approximate surface area is 140 Å². The van der Waals surface area contributed by atoms with Crippen LogP contribution in [0.4, 0.5) is 0 Å². The number of carbonyl (C=O) groups is 1. The van der Waals surface area contributed by atoms with Gasteiger partial charge in [-0.25, -0.2) is 4.98 Å². The number of thiazole rings is 1. The van der Waals surface area contributed by atoms with Crippen LogP contribution in [0.5, 0.6) is 0 Å². The topological polar surface area (TPSA) is 68.5 Å². The van der Waals surface area contributed by atoms with E-state index in [0.29, 0.717) is 19.7 Å². The standard InChI is InChI=1S/C17H21N3O2S/c1-12(15(18)13-5-3-2-4-6-13)17(21)20-8-9-22-14(11-20)16-19-7-10-23-16/h2-7,10,12,14-15H,8-9,11,18H2,1H3. The van der Waals surface area contributed by atoms with E-state index in [4.69, 9.17) is 10.5 Å². The number of amides is 1. The van der Waals surface area contributed by atoms with Gasteiger partial charge in [0.2, 0.25) is 5.91 Å². The van der Waals surface area contributed by atoms with E-state index >= 15 is 0 Å². The summed E-state index contributed by atoms with van der Waals surface area (Å²) in [5.74, 6) is -0.196. The maximum absolute atomic E-state index is 12.8. The van der Waals surface area contributed by atoms with Crippen LogP contribution in [0.1, 0.15) is 29.6 Å². The predicted octanol–water partition coefficient (Wildman–Crippen LogP) is 2.38. The SMILES string of the molecule is CC(C(=O)N1CCOC(c2nccs2)C1)C(N)c1ccccc1. The van der Waals surface area contributed by atoms with Crippen LogP contribution in [0.15, 0.2) is 41.9 Å². The summed E-state index contributed by atoms with van der Waals surface area (Å²) in [5.41, 5.74) is 7.27. The molecule has 1 aromatic carbocycles. The Morgan fingerprint density at radius 3 is 2.91 bits per heavy atom. The first-order chi connectivity index (χ1) is 11.2. The average molecular weight is 331 g/mol. The van der Waals surface area contributed by atoms with Crippen LogP contribution in [0.25, 0.3) is 0 Å². The summed E-state index contributed by atoms with van der Waals surface area (Å²) in [4.78, 5) is 18.9. The molecule has 0 aliphatic carbocycles. The zero-order valence-electron chi connectivity index (χ0n) is 13.1. The third kappa shape index (κ3) is 3.60. The second-order valence-electron chi connectivity index (χ2n) is 5.74. The lowest BCUT2D eigenvalue weighted by Crippen LogP contribution is -2.46. The molecule has 122 valence electrons. The van der Waals surface area contributed by atoms with E-state index in [-0.39, 0.29) is 24.0 Å². The van der Waals surface area contributed by atoms with E-state index in [1.54, 1.807) is 17.5 Å². The summed E-state index contributed by atoms with van der Waals surface area (Å²) in [5, 5.41) is 2.84. The number of hydrogen-bond acceptors (Lipinski definition) is 5. The van der Waals surface area contributed by atoms with E-state index in [2.05, 4.69) is 4.98 Å². The summed E-state index contributed by atoms with van der Waals surface area (Å²) in [6, 6.07) is 9.46. The summed E-state index contributed by atoms with van der Waals surface area (Å²) in [6.45, 7) is 3.57. The fourth-order valence-electron chi connectivity index (χ4n) is 2.80. The Morgan fingerprint density at radius 2 is 2.22 bits per heavy atom. The monoisotopic (exact) mass is 331 g/mol. The van der Waals surface area contributed by atoms with Crippen molar-refractivity contribution >= 4 is 17.2 Å². The van der Waals surface area contributed by atoms with Crippen LogP contribution in [0.3, 0.4) is 0 Å². The van der Waals surface area contributed by atoms with E-state index in [1.165, 1.54) is 0 Å². The molecule has 6 heteroatoms. The lowest BCUT2D eigenvalue weighted by molar-refractivity contribution is -0.143. The molecule has 0 spiro atoms. The number of rotatable bonds is 4. The van der Waals surface area contributed by atoms with Gasteiger partial charge in [0.25, 0.3) is 0 Å². The van der Waals surface area contributed by atoms with Gasteiger partial charge in [0.1, 0.15) is 11.1 Å². The van der Waals surface area contributed by atoms with Gasteiger partial charge in [-0.05, 0) is 5.56 Å². The third-order valence-electron chi connectivity index (χ3n) is 4.22. The minimum atomic E-state index is -0.301. The van der Waals surface area contributed by atoms with Gasteiger partial charge < -0.3 is 15.4 Å². The third-order valence-corrected chi connectivity index (χ3v) is 5.09. The zero-order chi connectivity index (χ0) is 16.2.